The molecule has 5 heterocycles. The van der Waals surface area contributed by atoms with Crippen LogP contribution >= 0.6 is 11.3 Å². The van der Waals surface area contributed by atoms with Crippen LogP contribution in [-0.2, 0) is 0 Å². The van der Waals surface area contributed by atoms with Crippen molar-refractivity contribution < 1.29 is 0 Å². The maximum Gasteiger partial charge on any atom is 0.235 e. The molecule has 0 saturated heterocycles. The lowest BCUT2D eigenvalue weighted by Crippen LogP contribution is -2.03. The third-order valence-corrected chi connectivity index (χ3v) is 12.8. The number of fused-ring (bicyclic) bond motifs is 14. The minimum absolute atomic E-state index is 0.680. The average molecular weight is 717 g/mol. The standard InChI is InChI=1S/C50H28N4S/c1-2-12-29(13-3-1)32-24-25-42-37(27-32)39-28-38-34-16-6-9-19-40(34)54(48(38)44-35-17-7-10-20-41(35)53(42)47(39)44)50-51-45(33-23-22-30-14-4-5-15-31(30)26-33)49-46(52-50)36-18-8-11-21-43(36)55-49/h1-28H. The van der Waals surface area contributed by atoms with E-state index in [0.29, 0.717) is 5.95 Å². The Bertz CT molecular complexity index is 3720. The fourth-order valence-electron chi connectivity index (χ4n) is 9.24. The van der Waals surface area contributed by atoms with E-state index in [4.69, 9.17) is 9.97 Å². The topological polar surface area (TPSA) is 35.1 Å². The highest BCUT2D eigenvalue weighted by atomic mass is 32.1. The fourth-order valence-corrected chi connectivity index (χ4v) is 10.4. The van der Waals surface area contributed by atoms with Gasteiger partial charge >= 0.3 is 0 Å². The summed E-state index contributed by atoms with van der Waals surface area (Å²) in [4.78, 5) is 11.1. The fraction of sp³-hybridized carbons (Fsp3) is 0. The number of para-hydroxylation sites is 2. The summed E-state index contributed by atoms with van der Waals surface area (Å²) in [6.07, 6.45) is 0. The van der Waals surface area contributed by atoms with E-state index in [1.165, 1.54) is 75.5 Å². The Morgan fingerprint density at radius 3 is 2.00 bits per heavy atom. The first-order chi connectivity index (χ1) is 27.3. The maximum absolute atomic E-state index is 5.59. The van der Waals surface area contributed by atoms with E-state index in [9.17, 15) is 0 Å². The summed E-state index contributed by atoms with van der Waals surface area (Å²) in [5.74, 6) is 0.680. The quantitative estimate of drug-likeness (QED) is 0.182. The van der Waals surface area contributed by atoms with Gasteiger partial charge in [0, 0.05) is 48.0 Å². The largest absolute Gasteiger partial charge is 0.308 e. The van der Waals surface area contributed by atoms with Crippen LogP contribution in [0.25, 0.3) is 119 Å². The Labute approximate surface area is 318 Å². The van der Waals surface area contributed by atoms with Gasteiger partial charge in [0.1, 0.15) is 0 Å². The van der Waals surface area contributed by atoms with Gasteiger partial charge in [-0.05, 0) is 64.4 Å². The van der Waals surface area contributed by atoms with Crippen molar-refractivity contribution in [2.45, 2.75) is 0 Å². The Morgan fingerprint density at radius 2 is 1.11 bits per heavy atom. The van der Waals surface area contributed by atoms with Gasteiger partial charge in [-0.2, -0.15) is 0 Å². The zero-order valence-corrected chi connectivity index (χ0v) is 30.2. The van der Waals surface area contributed by atoms with E-state index in [1.54, 1.807) is 11.3 Å². The molecule has 0 saturated carbocycles. The van der Waals surface area contributed by atoms with Gasteiger partial charge in [0.05, 0.1) is 43.5 Å². The van der Waals surface area contributed by atoms with E-state index >= 15 is 0 Å². The third kappa shape index (κ3) is 3.94. The first-order valence-corrected chi connectivity index (χ1v) is 19.5. The molecular formula is C50H28N4S. The van der Waals surface area contributed by atoms with Crippen LogP contribution in [0.15, 0.2) is 170 Å². The van der Waals surface area contributed by atoms with Gasteiger partial charge in [0.2, 0.25) is 5.95 Å². The van der Waals surface area contributed by atoms with Crippen molar-refractivity contribution in [3.8, 4) is 28.3 Å². The first-order valence-electron chi connectivity index (χ1n) is 18.7. The van der Waals surface area contributed by atoms with Crippen LogP contribution < -0.4 is 0 Å². The minimum atomic E-state index is 0.680. The summed E-state index contributed by atoms with van der Waals surface area (Å²) in [7, 11) is 0. The SMILES string of the molecule is c1ccc(-c2ccc3c(c2)c2cc4c5ccccc5n(-c5nc(-c6ccc7ccccc7c6)c6sc7ccccc7c6n5)c4c4c5ccccc5n3c24)cc1. The van der Waals surface area contributed by atoms with Crippen LogP contribution in [0.1, 0.15) is 0 Å². The summed E-state index contributed by atoms with van der Waals surface area (Å²) in [5.41, 5.74) is 11.3. The van der Waals surface area contributed by atoms with Crippen molar-refractivity contribution in [3.05, 3.63) is 170 Å². The molecule has 0 unspecified atom stereocenters. The van der Waals surface area contributed by atoms with E-state index in [2.05, 4.69) is 179 Å². The van der Waals surface area contributed by atoms with Crippen molar-refractivity contribution in [2.24, 2.45) is 0 Å². The van der Waals surface area contributed by atoms with Crippen LogP contribution in [0.5, 0.6) is 0 Å². The van der Waals surface area contributed by atoms with Gasteiger partial charge in [-0.25, -0.2) is 9.97 Å². The second-order valence-electron chi connectivity index (χ2n) is 14.6. The zero-order chi connectivity index (χ0) is 35.8. The number of benzene rings is 8. The molecule has 5 heteroatoms. The molecule has 0 aliphatic heterocycles. The number of rotatable bonds is 3. The molecule has 5 aromatic heterocycles. The van der Waals surface area contributed by atoms with E-state index < -0.39 is 0 Å². The molecule has 0 aliphatic rings. The second-order valence-corrected chi connectivity index (χ2v) is 15.6. The summed E-state index contributed by atoms with van der Waals surface area (Å²) < 4.78 is 7.13. The monoisotopic (exact) mass is 716 g/mol. The molecule has 0 fully saturated rings. The van der Waals surface area contributed by atoms with Crippen LogP contribution in [0.3, 0.4) is 0 Å². The molecule has 4 nitrogen and oxygen atoms in total. The van der Waals surface area contributed by atoms with Crippen LogP contribution in [0.2, 0.25) is 0 Å². The Morgan fingerprint density at radius 1 is 0.418 bits per heavy atom. The first kappa shape index (κ1) is 29.4. The smallest absolute Gasteiger partial charge is 0.235 e. The van der Waals surface area contributed by atoms with Crippen LogP contribution in [-0.4, -0.2) is 18.9 Å². The summed E-state index contributed by atoms with van der Waals surface area (Å²) in [5, 5.41) is 10.9. The molecule has 0 spiro atoms. The summed E-state index contributed by atoms with van der Waals surface area (Å²) in [6.45, 7) is 0. The number of aromatic nitrogens is 4. The van der Waals surface area contributed by atoms with Crippen molar-refractivity contribution in [2.75, 3.05) is 0 Å². The molecule has 0 amide bonds. The van der Waals surface area contributed by atoms with Gasteiger partial charge < -0.3 is 4.40 Å². The summed E-state index contributed by atoms with van der Waals surface area (Å²) in [6, 6.07) is 61.5. The zero-order valence-electron chi connectivity index (χ0n) is 29.4. The molecule has 55 heavy (non-hydrogen) atoms. The van der Waals surface area contributed by atoms with Crippen molar-refractivity contribution in [1.29, 1.82) is 0 Å². The molecular weight excluding hydrogens is 689 g/mol. The lowest BCUT2D eigenvalue weighted by Gasteiger charge is -2.11. The Balaban J connectivity index is 1.20. The highest BCUT2D eigenvalue weighted by Crippen LogP contribution is 2.47. The molecule has 0 N–H and O–H groups in total. The molecule has 8 aromatic carbocycles. The van der Waals surface area contributed by atoms with Crippen molar-refractivity contribution >= 4 is 102 Å². The van der Waals surface area contributed by atoms with Gasteiger partial charge in [0.15, 0.2) is 0 Å². The molecule has 0 bridgehead atoms. The highest BCUT2D eigenvalue weighted by Gasteiger charge is 2.26. The Hall–Kier alpha value is -7.08. The molecule has 0 atom stereocenters. The highest BCUT2D eigenvalue weighted by molar-refractivity contribution is 7.26. The van der Waals surface area contributed by atoms with Crippen molar-refractivity contribution in [1.82, 2.24) is 18.9 Å². The number of hydrogen-bond acceptors (Lipinski definition) is 3. The van der Waals surface area contributed by atoms with Gasteiger partial charge in [-0.3, -0.25) is 4.57 Å². The predicted octanol–water partition coefficient (Wildman–Crippen LogP) is 13.6. The Kier molecular flexibility index (Phi) is 5.74. The molecule has 13 aromatic rings. The molecule has 254 valence electrons. The maximum atomic E-state index is 5.59. The van der Waals surface area contributed by atoms with Crippen LogP contribution in [0, 0.1) is 0 Å². The van der Waals surface area contributed by atoms with Gasteiger partial charge in [0.25, 0.3) is 0 Å². The molecule has 13 rings (SSSR count). The second kappa shape index (κ2) is 10.8. The third-order valence-electron chi connectivity index (χ3n) is 11.6. The van der Waals surface area contributed by atoms with E-state index in [-0.39, 0.29) is 0 Å². The van der Waals surface area contributed by atoms with Crippen molar-refractivity contribution in [3.63, 3.8) is 0 Å². The van der Waals surface area contributed by atoms with Gasteiger partial charge in [-0.1, -0.05) is 127 Å². The molecule has 0 aliphatic carbocycles. The van der Waals surface area contributed by atoms with Gasteiger partial charge in [-0.15, -0.1) is 11.3 Å². The normalized spacial score (nSPS) is 12.4. The minimum Gasteiger partial charge on any atom is -0.308 e. The lowest BCUT2D eigenvalue weighted by molar-refractivity contribution is 1.02. The van der Waals surface area contributed by atoms with E-state index in [0.717, 1.165) is 37.9 Å². The van der Waals surface area contributed by atoms with Crippen LogP contribution in [0.4, 0.5) is 0 Å². The van der Waals surface area contributed by atoms with E-state index in [1.807, 2.05) is 0 Å². The number of nitrogens with zero attached hydrogens (tertiary/aromatic N) is 4. The predicted molar refractivity (Wildman–Crippen MR) is 232 cm³/mol. The summed E-state index contributed by atoms with van der Waals surface area (Å²) >= 11 is 1.77. The number of thiophene rings is 1. The molecule has 0 radical (unpaired) electrons. The average Bonchev–Trinajstić information content (AvgIpc) is 3.98. The lowest BCUT2D eigenvalue weighted by atomic mass is 10.00. The number of hydrogen-bond donors (Lipinski definition) is 0.